The van der Waals surface area contributed by atoms with E-state index < -0.39 is 0 Å². The SMILES string of the molecule is COc1ccc(CN(C)CC(=O)c2sc(-c3ccc(Cl)cc3OC)nc2C)cc1. The van der Waals surface area contributed by atoms with E-state index in [-0.39, 0.29) is 5.78 Å². The van der Waals surface area contributed by atoms with Gasteiger partial charge in [-0.15, -0.1) is 11.3 Å². The van der Waals surface area contributed by atoms with E-state index in [1.54, 1.807) is 26.4 Å². The number of halogens is 1. The molecule has 152 valence electrons. The van der Waals surface area contributed by atoms with E-state index in [0.717, 1.165) is 27.6 Å². The molecule has 0 bridgehead atoms. The molecule has 3 aromatic rings. The van der Waals surface area contributed by atoms with Crippen LogP contribution in [0.25, 0.3) is 10.6 Å². The zero-order valence-corrected chi connectivity index (χ0v) is 18.4. The van der Waals surface area contributed by atoms with Crippen LogP contribution in [-0.4, -0.2) is 43.5 Å². The summed E-state index contributed by atoms with van der Waals surface area (Å²) in [7, 11) is 5.17. The summed E-state index contributed by atoms with van der Waals surface area (Å²) in [6, 6.07) is 13.3. The van der Waals surface area contributed by atoms with E-state index in [1.807, 2.05) is 49.2 Å². The highest BCUT2D eigenvalue weighted by atomic mass is 35.5. The Labute approximate surface area is 179 Å². The molecule has 0 fully saturated rings. The third-order valence-corrected chi connectivity index (χ3v) is 5.94. The van der Waals surface area contributed by atoms with Crippen LogP contribution in [0.1, 0.15) is 20.9 Å². The van der Waals surface area contributed by atoms with Gasteiger partial charge >= 0.3 is 0 Å². The minimum atomic E-state index is 0.0511. The maximum Gasteiger partial charge on any atom is 0.188 e. The average Bonchev–Trinajstić information content (AvgIpc) is 3.09. The van der Waals surface area contributed by atoms with Crippen molar-refractivity contribution >= 4 is 28.7 Å². The van der Waals surface area contributed by atoms with Crippen molar-refractivity contribution in [1.29, 1.82) is 0 Å². The molecule has 0 aliphatic rings. The van der Waals surface area contributed by atoms with Gasteiger partial charge in [0.15, 0.2) is 5.78 Å². The lowest BCUT2D eigenvalue weighted by Gasteiger charge is -2.15. The first-order valence-electron chi connectivity index (χ1n) is 9.07. The highest BCUT2D eigenvalue weighted by molar-refractivity contribution is 7.17. The fourth-order valence-corrected chi connectivity index (χ4v) is 4.22. The van der Waals surface area contributed by atoms with Gasteiger partial charge in [0.2, 0.25) is 0 Å². The fraction of sp³-hybridized carbons (Fsp3) is 0.273. The number of carbonyl (C=O) groups is 1. The molecule has 2 aromatic carbocycles. The van der Waals surface area contributed by atoms with Gasteiger partial charge in [-0.05, 0) is 49.9 Å². The summed E-state index contributed by atoms with van der Waals surface area (Å²) in [6.45, 7) is 2.84. The van der Waals surface area contributed by atoms with Gasteiger partial charge in [-0.1, -0.05) is 23.7 Å². The van der Waals surface area contributed by atoms with Crippen molar-refractivity contribution in [3.05, 3.63) is 63.6 Å². The zero-order chi connectivity index (χ0) is 21.0. The number of benzene rings is 2. The van der Waals surface area contributed by atoms with Gasteiger partial charge in [-0.2, -0.15) is 0 Å². The van der Waals surface area contributed by atoms with Crippen LogP contribution in [0, 0.1) is 6.92 Å². The molecule has 0 N–H and O–H groups in total. The van der Waals surface area contributed by atoms with Crippen LogP contribution in [-0.2, 0) is 6.54 Å². The van der Waals surface area contributed by atoms with Crippen LogP contribution in [0.5, 0.6) is 11.5 Å². The largest absolute Gasteiger partial charge is 0.497 e. The van der Waals surface area contributed by atoms with E-state index in [1.165, 1.54) is 11.3 Å². The first-order chi connectivity index (χ1) is 13.9. The Morgan fingerprint density at radius 3 is 2.52 bits per heavy atom. The maximum absolute atomic E-state index is 12.9. The van der Waals surface area contributed by atoms with Crippen molar-refractivity contribution in [2.45, 2.75) is 13.5 Å². The van der Waals surface area contributed by atoms with E-state index in [2.05, 4.69) is 4.98 Å². The average molecular weight is 431 g/mol. The minimum Gasteiger partial charge on any atom is -0.497 e. The molecular weight excluding hydrogens is 408 g/mol. The van der Waals surface area contributed by atoms with Crippen molar-refractivity contribution < 1.29 is 14.3 Å². The number of aromatic nitrogens is 1. The third kappa shape index (κ3) is 5.15. The van der Waals surface area contributed by atoms with Gasteiger partial charge in [0.25, 0.3) is 0 Å². The molecule has 1 aromatic heterocycles. The summed E-state index contributed by atoms with van der Waals surface area (Å²) in [4.78, 5) is 20.1. The molecule has 0 aliphatic carbocycles. The molecule has 7 heteroatoms. The van der Waals surface area contributed by atoms with E-state index >= 15 is 0 Å². The summed E-state index contributed by atoms with van der Waals surface area (Å²) in [5.41, 5.74) is 2.68. The van der Waals surface area contributed by atoms with Gasteiger partial charge < -0.3 is 9.47 Å². The molecule has 0 amide bonds. The lowest BCUT2D eigenvalue weighted by molar-refractivity contribution is 0.0946. The van der Waals surface area contributed by atoms with Crippen molar-refractivity contribution in [2.75, 3.05) is 27.8 Å². The lowest BCUT2D eigenvalue weighted by atomic mass is 10.2. The van der Waals surface area contributed by atoms with Crippen molar-refractivity contribution in [3.8, 4) is 22.1 Å². The summed E-state index contributed by atoms with van der Waals surface area (Å²) in [5, 5.41) is 1.34. The van der Waals surface area contributed by atoms with Crippen LogP contribution in [0.3, 0.4) is 0 Å². The number of aryl methyl sites for hydroxylation is 1. The number of carbonyl (C=O) groups excluding carboxylic acids is 1. The second-order valence-electron chi connectivity index (χ2n) is 6.72. The maximum atomic E-state index is 12.9. The highest BCUT2D eigenvalue weighted by Crippen LogP contribution is 2.36. The zero-order valence-electron chi connectivity index (χ0n) is 16.9. The number of likely N-dealkylation sites (N-methyl/N-ethyl adjacent to an activating group) is 1. The molecule has 0 atom stereocenters. The molecular formula is C22H23ClN2O3S. The van der Waals surface area contributed by atoms with E-state index in [9.17, 15) is 4.79 Å². The Bertz CT molecular complexity index is 1000. The van der Waals surface area contributed by atoms with Gasteiger partial charge in [0.1, 0.15) is 16.5 Å². The minimum absolute atomic E-state index is 0.0511. The van der Waals surface area contributed by atoms with Gasteiger partial charge in [-0.3, -0.25) is 9.69 Å². The van der Waals surface area contributed by atoms with Crippen molar-refractivity contribution in [2.24, 2.45) is 0 Å². The van der Waals surface area contributed by atoms with Crippen LogP contribution in [0.4, 0.5) is 0 Å². The molecule has 0 saturated heterocycles. The quantitative estimate of drug-likeness (QED) is 0.465. The summed E-state index contributed by atoms with van der Waals surface area (Å²) < 4.78 is 10.6. The normalized spacial score (nSPS) is 11.0. The second kappa shape index (κ2) is 9.39. The van der Waals surface area contributed by atoms with Crippen LogP contribution < -0.4 is 9.47 Å². The van der Waals surface area contributed by atoms with Gasteiger partial charge in [-0.25, -0.2) is 4.98 Å². The Morgan fingerprint density at radius 2 is 1.86 bits per heavy atom. The number of Topliss-reactive ketones (excluding diaryl/α,β-unsaturated/α-hetero) is 1. The number of methoxy groups -OCH3 is 2. The van der Waals surface area contributed by atoms with E-state index in [0.29, 0.717) is 28.7 Å². The first kappa shape index (κ1) is 21.3. The van der Waals surface area contributed by atoms with Crippen LogP contribution >= 0.6 is 22.9 Å². The number of thiazole rings is 1. The lowest BCUT2D eigenvalue weighted by Crippen LogP contribution is -2.25. The van der Waals surface area contributed by atoms with Crippen LogP contribution in [0.15, 0.2) is 42.5 Å². The molecule has 29 heavy (non-hydrogen) atoms. The summed E-state index contributed by atoms with van der Waals surface area (Å²) in [5.74, 6) is 1.51. The first-order valence-corrected chi connectivity index (χ1v) is 10.3. The van der Waals surface area contributed by atoms with Gasteiger partial charge in [0.05, 0.1) is 36.9 Å². The fourth-order valence-electron chi connectivity index (χ4n) is 3.03. The molecule has 0 unspecified atom stereocenters. The molecule has 5 nitrogen and oxygen atoms in total. The standard InChI is InChI=1S/C22H23ClN2O3S/c1-14-21(29-22(24-14)18-10-7-16(23)11-20(18)28-4)19(26)13-25(2)12-15-5-8-17(27-3)9-6-15/h5-11H,12-13H2,1-4H3. The topological polar surface area (TPSA) is 51.7 Å². The number of hydrogen-bond donors (Lipinski definition) is 0. The highest BCUT2D eigenvalue weighted by Gasteiger charge is 2.19. The Hall–Kier alpha value is -2.41. The summed E-state index contributed by atoms with van der Waals surface area (Å²) in [6.07, 6.45) is 0. The third-order valence-electron chi connectivity index (χ3n) is 4.47. The van der Waals surface area contributed by atoms with Crippen molar-refractivity contribution in [3.63, 3.8) is 0 Å². The Morgan fingerprint density at radius 1 is 1.14 bits per heavy atom. The molecule has 0 saturated carbocycles. The molecule has 0 radical (unpaired) electrons. The number of nitrogens with zero attached hydrogens (tertiary/aromatic N) is 2. The van der Waals surface area contributed by atoms with E-state index in [4.69, 9.17) is 21.1 Å². The second-order valence-corrected chi connectivity index (χ2v) is 8.16. The number of ether oxygens (including phenoxy) is 2. The molecule has 0 spiro atoms. The predicted octanol–water partition coefficient (Wildman–Crippen LogP) is 5.10. The van der Waals surface area contributed by atoms with Gasteiger partial charge in [0, 0.05) is 11.6 Å². The van der Waals surface area contributed by atoms with Crippen molar-refractivity contribution in [1.82, 2.24) is 9.88 Å². The molecule has 3 rings (SSSR count). The number of hydrogen-bond acceptors (Lipinski definition) is 6. The number of rotatable bonds is 8. The number of ketones is 1. The molecule has 0 aliphatic heterocycles. The Kier molecular flexibility index (Phi) is 6.90. The smallest absolute Gasteiger partial charge is 0.188 e. The van der Waals surface area contributed by atoms with Crippen LogP contribution in [0.2, 0.25) is 5.02 Å². The Balaban J connectivity index is 1.73. The predicted molar refractivity (Wildman–Crippen MR) is 118 cm³/mol. The molecule has 1 heterocycles. The monoisotopic (exact) mass is 430 g/mol. The summed E-state index contributed by atoms with van der Waals surface area (Å²) >= 11 is 7.43.